The number of hydrogen-bond acceptors (Lipinski definition) is 1. The van der Waals surface area contributed by atoms with E-state index in [4.69, 9.17) is 16.3 Å². The molecule has 1 saturated heterocycles. The topological polar surface area (TPSA) is 9.23 Å². The summed E-state index contributed by atoms with van der Waals surface area (Å²) in [6.45, 7) is 3.04. The number of benzene rings is 1. The highest BCUT2D eigenvalue weighted by Gasteiger charge is 2.30. The molecule has 0 aliphatic carbocycles. The van der Waals surface area contributed by atoms with E-state index in [0.717, 1.165) is 24.5 Å². The van der Waals surface area contributed by atoms with E-state index in [1.165, 1.54) is 5.56 Å². The molecule has 0 radical (unpaired) electrons. The number of rotatable bonds is 3. The normalized spacial score (nSPS) is 26.9. The fraction of sp³-hybridized carbons (Fsp3) is 0.538. The Morgan fingerprint density at radius 2 is 2.25 bits per heavy atom. The molecule has 1 aliphatic rings. The van der Waals surface area contributed by atoms with Crippen LogP contribution in [0, 0.1) is 5.92 Å². The van der Waals surface area contributed by atoms with Crippen molar-refractivity contribution in [1.29, 1.82) is 0 Å². The van der Waals surface area contributed by atoms with Crippen molar-refractivity contribution in [3.63, 3.8) is 0 Å². The SMILES string of the molecule is CC1OCCC1C(Br)Cc1ccccc1Cl. The Morgan fingerprint density at radius 3 is 2.88 bits per heavy atom. The Labute approximate surface area is 110 Å². The standard InChI is InChI=1S/C13H16BrClO/c1-9-11(6-7-16-9)12(14)8-10-4-2-3-5-13(10)15/h2-5,9,11-12H,6-8H2,1H3. The fourth-order valence-electron chi connectivity index (χ4n) is 2.25. The zero-order valence-corrected chi connectivity index (χ0v) is 11.7. The Hall–Kier alpha value is -0.0500. The second-order valence-electron chi connectivity index (χ2n) is 4.34. The van der Waals surface area contributed by atoms with E-state index >= 15 is 0 Å². The predicted molar refractivity (Wildman–Crippen MR) is 71.4 cm³/mol. The molecule has 3 unspecified atom stereocenters. The quantitative estimate of drug-likeness (QED) is 0.765. The monoisotopic (exact) mass is 302 g/mol. The van der Waals surface area contributed by atoms with Gasteiger partial charge in [-0.2, -0.15) is 0 Å². The largest absolute Gasteiger partial charge is 0.378 e. The highest BCUT2D eigenvalue weighted by Crippen LogP contribution is 2.31. The van der Waals surface area contributed by atoms with E-state index in [0.29, 0.717) is 16.8 Å². The van der Waals surface area contributed by atoms with Gasteiger partial charge in [0.25, 0.3) is 0 Å². The van der Waals surface area contributed by atoms with Crippen LogP contribution in [-0.4, -0.2) is 17.5 Å². The summed E-state index contributed by atoms with van der Waals surface area (Å²) in [5.41, 5.74) is 1.21. The molecule has 0 N–H and O–H groups in total. The molecule has 3 heteroatoms. The summed E-state index contributed by atoms with van der Waals surface area (Å²) in [7, 11) is 0. The van der Waals surface area contributed by atoms with Gasteiger partial charge in [0.2, 0.25) is 0 Å². The maximum absolute atomic E-state index is 6.16. The third-order valence-corrected chi connectivity index (χ3v) is 4.64. The van der Waals surface area contributed by atoms with Crippen molar-refractivity contribution < 1.29 is 4.74 Å². The smallest absolute Gasteiger partial charge is 0.0586 e. The summed E-state index contributed by atoms with van der Waals surface area (Å²) in [5.74, 6) is 0.594. The molecule has 2 rings (SSSR count). The molecule has 3 atom stereocenters. The fourth-order valence-corrected chi connectivity index (χ4v) is 3.50. The second kappa shape index (κ2) is 5.52. The molecule has 1 aromatic carbocycles. The molecular formula is C13H16BrClO. The number of ether oxygens (including phenoxy) is 1. The maximum atomic E-state index is 6.16. The minimum absolute atomic E-state index is 0.354. The first-order valence-corrected chi connectivity index (χ1v) is 6.97. The summed E-state index contributed by atoms with van der Waals surface area (Å²) in [6, 6.07) is 8.05. The van der Waals surface area contributed by atoms with Crippen LogP contribution in [0.2, 0.25) is 5.02 Å². The van der Waals surface area contributed by atoms with Gasteiger partial charge < -0.3 is 4.74 Å². The predicted octanol–water partition coefficient (Wildman–Crippen LogP) is 4.07. The first-order valence-electron chi connectivity index (χ1n) is 5.67. The van der Waals surface area contributed by atoms with E-state index in [1.807, 2.05) is 18.2 Å². The third kappa shape index (κ3) is 2.79. The van der Waals surface area contributed by atoms with Crippen LogP contribution in [-0.2, 0) is 11.2 Å². The lowest BCUT2D eigenvalue weighted by molar-refractivity contribution is 0.105. The minimum Gasteiger partial charge on any atom is -0.378 e. The van der Waals surface area contributed by atoms with Crippen molar-refractivity contribution in [2.75, 3.05) is 6.61 Å². The van der Waals surface area contributed by atoms with Crippen LogP contribution in [0.5, 0.6) is 0 Å². The van der Waals surface area contributed by atoms with Gasteiger partial charge in [0.1, 0.15) is 0 Å². The molecule has 1 nitrogen and oxygen atoms in total. The van der Waals surface area contributed by atoms with E-state index in [9.17, 15) is 0 Å². The van der Waals surface area contributed by atoms with Gasteiger partial charge in [0, 0.05) is 16.5 Å². The zero-order chi connectivity index (χ0) is 11.5. The first-order chi connectivity index (χ1) is 7.68. The second-order valence-corrected chi connectivity index (χ2v) is 5.92. The molecule has 0 bridgehead atoms. The Bertz CT molecular complexity index is 356. The van der Waals surface area contributed by atoms with E-state index < -0.39 is 0 Å². The van der Waals surface area contributed by atoms with Crippen molar-refractivity contribution >= 4 is 27.5 Å². The van der Waals surface area contributed by atoms with Gasteiger partial charge in [-0.05, 0) is 37.3 Å². The molecule has 88 valence electrons. The molecule has 0 saturated carbocycles. The lowest BCUT2D eigenvalue weighted by Gasteiger charge is -2.20. The molecular weight excluding hydrogens is 287 g/mol. The van der Waals surface area contributed by atoms with E-state index in [2.05, 4.69) is 28.9 Å². The van der Waals surface area contributed by atoms with Crippen molar-refractivity contribution in [2.24, 2.45) is 5.92 Å². The van der Waals surface area contributed by atoms with Crippen LogP contribution >= 0.6 is 27.5 Å². The number of halogens is 2. The van der Waals surface area contributed by atoms with Crippen LogP contribution in [0.4, 0.5) is 0 Å². The third-order valence-electron chi connectivity index (χ3n) is 3.27. The minimum atomic E-state index is 0.354. The average Bonchev–Trinajstić information content (AvgIpc) is 2.68. The zero-order valence-electron chi connectivity index (χ0n) is 9.33. The van der Waals surface area contributed by atoms with Gasteiger partial charge >= 0.3 is 0 Å². The Balaban J connectivity index is 2.02. The molecule has 1 fully saturated rings. The van der Waals surface area contributed by atoms with Crippen molar-refractivity contribution in [3.8, 4) is 0 Å². The van der Waals surface area contributed by atoms with Crippen molar-refractivity contribution in [1.82, 2.24) is 0 Å². The van der Waals surface area contributed by atoms with Crippen molar-refractivity contribution in [2.45, 2.75) is 30.7 Å². The van der Waals surface area contributed by atoms with Gasteiger partial charge in [0.05, 0.1) is 6.10 Å². The molecule has 0 amide bonds. The van der Waals surface area contributed by atoms with Crippen LogP contribution in [0.15, 0.2) is 24.3 Å². The lowest BCUT2D eigenvalue weighted by Crippen LogP contribution is -2.23. The van der Waals surface area contributed by atoms with E-state index in [-0.39, 0.29) is 0 Å². The molecule has 1 aliphatic heterocycles. The first kappa shape index (κ1) is 12.4. The van der Waals surface area contributed by atoms with Crippen LogP contribution in [0.3, 0.4) is 0 Å². The highest BCUT2D eigenvalue weighted by molar-refractivity contribution is 9.09. The van der Waals surface area contributed by atoms with Gasteiger partial charge in [-0.3, -0.25) is 0 Å². The van der Waals surface area contributed by atoms with Crippen molar-refractivity contribution in [3.05, 3.63) is 34.9 Å². The molecule has 16 heavy (non-hydrogen) atoms. The molecule has 0 spiro atoms. The van der Waals surface area contributed by atoms with Gasteiger partial charge in [-0.15, -0.1) is 0 Å². The summed E-state index contributed by atoms with van der Waals surface area (Å²) in [5, 5.41) is 0.860. The summed E-state index contributed by atoms with van der Waals surface area (Å²) in [6.07, 6.45) is 2.46. The van der Waals surface area contributed by atoms with Gasteiger partial charge in [-0.25, -0.2) is 0 Å². The highest BCUT2D eigenvalue weighted by atomic mass is 79.9. The molecule has 1 heterocycles. The lowest BCUT2D eigenvalue weighted by atomic mass is 9.94. The number of alkyl halides is 1. The van der Waals surface area contributed by atoms with Crippen LogP contribution in [0.1, 0.15) is 18.9 Å². The van der Waals surface area contributed by atoms with E-state index in [1.54, 1.807) is 0 Å². The summed E-state index contributed by atoms with van der Waals surface area (Å²) < 4.78 is 5.59. The Morgan fingerprint density at radius 1 is 1.50 bits per heavy atom. The van der Waals surface area contributed by atoms with Gasteiger partial charge in [-0.1, -0.05) is 45.7 Å². The summed E-state index contributed by atoms with van der Waals surface area (Å²) >= 11 is 9.94. The molecule has 0 aromatic heterocycles. The number of hydrogen-bond donors (Lipinski definition) is 0. The van der Waals surface area contributed by atoms with Crippen LogP contribution < -0.4 is 0 Å². The summed E-state index contributed by atoms with van der Waals surface area (Å²) in [4.78, 5) is 0.449. The van der Waals surface area contributed by atoms with Gasteiger partial charge in [0.15, 0.2) is 0 Å². The Kier molecular flexibility index (Phi) is 4.28. The maximum Gasteiger partial charge on any atom is 0.0586 e. The van der Waals surface area contributed by atoms with Crippen LogP contribution in [0.25, 0.3) is 0 Å². The average molecular weight is 304 g/mol. The molecule has 1 aromatic rings.